The van der Waals surface area contributed by atoms with Gasteiger partial charge >= 0.3 is 0 Å². The minimum Gasteiger partial charge on any atom is -0.0851 e. The van der Waals surface area contributed by atoms with Crippen LogP contribution in [-0.4, -0.2) is 0 Å². The predicted octanol–water partition coefficient (Wildman–Crippen LogP) is 2.75. The largest absolute Gasteiger partial charge is 0.0851 e. The van der Waals surface area contributed by atoms with Crippen molar-refractivity contribution >= 4 is 0 Å². The average Bonchev–Trinajstić information content (AvgIpc) is 2.40. The van der Waals surface area contributed by atoms with Crippen LogP contribution in [0.1, 0.15) is 32.1 Å². The van der Waals surface area contributed by atoms with E-state index in [1.807, 2.05) is 0 Å². The SMILES string of the molecule is C1=C[C@H]2C[C@@H]1CC21CCC1. The van der Waals surface area contributed by atoms with Gasteiger partial charge in [-0.2, -0.15) is 0 Å². The van der Waals surface area contributed by atoms with Gasteiger partial charge in [0.15, 0.2) is 0 Å². The summed E-state index contributed by atoms with van der Waals surface area (Å²) in [4.78, 5) is 0. The molecule has 2 fully saturated rings. The second-order valence-electron chi connectivity index (χ2n) is 4.41. The standard InChI is InChI=1S/C10H14/c1-4-10(5-1)7-8-2-3-9(10)6-8/h2-3,8-9H,1,4-7H2/t8-,9+/m1/s1. The average molecular weight is 134 g/mol. The number of hydrogen-bond acceptors (Lipinski definition) is 0. The third-order valence-electron chi connectivity index (χ3n) is 3.98. The van der Waals surface area contributed by atoms with Crippen LogP contribution >= 0.6 is 0 Å². The van der Waals surface area contributed by atoms with E-state index in [4.69, 9.17) is 0 Å². The van der Waals surface area contributed by atoms with Crippen molar-refractivity contribution in [3.63, 3.8) is 0 Å². The second-order valence-corrected chi connectivity index (χ2v) is 4.41. The molecule has 3 rings (SSSR count). The lowest BCUT2D eigenvalue weighted by molar-refractivity contribution is 0.0971. The Bertz CT molecular complexity index is 186. The van der Waals surface area contributed by atoms with Gasteiger partial charge in [-0.3, -0.25) is 0 Å². The topological polar surface area (TPSA) is 0 Å². The number of hydrogen-bond donors (Lipinski definition) is 0. The second kappa shape index (κ2) is 1.49. The van der Waals surface area contributed by atoms with Gasteiger partial charge in [0, 0.05) is 0 Å². The summed E-state index contributed by atoms with van der Waals surface area (Å²) in [7, 11) is 0. The van der Waals surface area contributed by atoms with E-state index in [1.165, 1.54) is 19.3 Å². The third kappa shape index (κ3) is 0.457. The molecule has 0 aliphatic heterocycles. The van der Waals surface area contributed by atoms with Gasteiger partial charge in [-0.05, 0) is 42.9 Å². The van der Waals surface area contributed by atoms with E-state index < -0.39 is 0 Å². The van der Waals surface area contributed by atoms with E-state index in [2.05, 4.69) is 12.2 Å². The van der Waals surface area contributed by atoms with Gasteiger partial charge < -0.3 is 0 Å². The van der Waals surface area contributed by atoms with Crippen molar-refractivity contribution in [2.45, 2.75) is 32.1 Å². The first-order valence-corrected chi connectivity index (χ1v) is 4.57. The molecule has 3 aliphatic carbocycles. The zero-order valence-electron chi connectivity index (χ0n) is 6.34. The van der Waals surface area contributed by atoms with Gasteiger partial charge in [-0.25, -0.2) is 0 Å². The van der Waals surface area contributed by atoms with Crippen molar-refractivity contribution in [3.8, 4) is 0 Å². The first-order chi connectivity index (χ1) is 4.89. The van der Waals surface area contributed by atoms with E-state index in [0.717, 1.165) is 17.3 Å². The Morgan fingerprint density at radius 2 is 2.10 bits per heavy atom. The van der Waals surface area contributed by atoms with Gasteiger partial charge in [0.1, 0.15) is 0 Å². The van der Waals surface area contributed by atoms with Crippen LogP contribution in [0.5, 0.6) is 0 Å². The molecule has 0 aromatic heterocycles. The fourth-order valence-corrected chi connectivity index (χ4v) is 3.26. The predicted molar refractivity (Wildman–Crippen MR) is 41.6 cm³/mol. The van der Waals surface area contributed by atoms with Gasteiger partial charge in [-0.1, -0.05) is 18.6 Å². The Morgan fingerprint density at radius 3 is 2.40 bits per heavy atom. The van der Waals surface area contributed by atoms with Gasteiger partial charge in [0.25, 0.3) is 0 Å². The fourth-order valence-electron chi connectivity index (χ4n) is 3.26. The molecule has 0 heteroatoms. The Labute approximate surface area is 62.3 Å². The van der Waals surface area contributed by atoms with E-state index in [0.29, 0.717) is 0 Å². The molecule has 0 saturated heterocycles. The Morgan fingerprint density at radius 1 is 1.20 bits per heavy atom. The van der Waals surface area contributed by atoms with Crippen molar-refractivity contribution in [2.24, 2.45) is 17.3 Å². The molecule has 2 bridgehead atoms. The summed E-state index contributed by atoms with van der Waals surface area (Å²) in [6, 6.07) is 0. The maximum absolute atomic E-state index is 2.49. The molecule has 10 heavy (non-hydrogen) atoms. The summed E-state index contributed by atoms with van der Waals surface area (Å²) < 4.78 is 0. The summed E-state index contributed by atoms with van der Waals surface area (Å²) in [5.74, 6) is 2.00. The summed E-state index contributed by atoms with van der Waals surface area (Å²) >= 11 is 0. The smallest absolute Gasteiger partial charge is 0.0171 e. The normalized spacial score (nSPS) is 46.4. The van der Waals surface area contributed by atoms with E-state index in [9.17, 15) is 0 Å². The summed E-state index contributed by atoms with van der Waals surface area (Å²) in [5, 5.41) is 0. The van der Waals surface area contributed by atoms with Crippen LogP contribution in [0.15, 0.2) is 12.2 Å². The van der Waals surface area contributed by atoms with Crippen LogP contribution in [0.2, 0.25) is 0 Å². The lowest BCUT2D eigenvalue weighted by atomic mass is 9.61. The molecule has 1 spiro atoms. The third-order valence-corrected chi connectivity index (χ3v) is 3.98. The van der Waals surface area contributed by atoms with E-state index in [1.54, 1.807) is 12.8 Å². The molecule has 0 N–H and O–H groups in total. The van der Waals surface area contributed by atoms with Crippen molar-refractivity contribution < 1.29 is 0 Å². The molecule has 54 valence electrons. The molecule has 0 heterocycles. The van der Waals surface area contributed by atoms with Crippen molar-refractivity contribution in [2.75, 3.05) is 0 Å². The summed E-state index contributed by atoms with van der Waals surface area (Å²) in [6.45, 7) is 0. The Hall–Kier alpha value is -0.260. The van der Waals surface area contributed by atoms with Crippen LogP contribution < -0.4 is 0 Å². The molecule has 2 saturated carbocycles. The minimum atomic E-state index is 0.847. The molecule has 0 nitrogen and oxygen atoms in total. The molecule has 0 aromatic carbocycles. The zero-order chi connectivity index (χ0) is 6.60. The lowest BCUT2D eigenvalue weighted by Crippen LogP contribution is -2.33. The van der Waals surface area contributed by atoms with Crippen molar-refractivity contribution in [1.29, 1.82) is 0 Å². The molecule has 0 radical (unpaired) electrons. The first-order valence-electron chi connectivity index (χ1n) is 4.57. The van der Waals surface area contributed by atoms with Crippen LogP contribution in [0.3, 0.4) is 0 Å². The van der Waals surface area contributed by atoms with E-state index >= 15 is 0 Å². The first kappa shape index (κ1) is 5.40. The van der Waals surface area contributed by atoms with Crippen LogP contribution in [0, 0.1) is 17.3 Å². The van der Waals surface area contributed by atoms with Crippen LogP contribution in [-0.2, 0) is 0 Å². The zero-order valence-corrected chi connectivity index (χ0v) is 6.34. The highest BCUT2D eigenvalue weighted by Gasteiger charge is 2.51. The monoisotopic (exact) mass is 134 g/mol. The molecular weight excluding hydrogens is 120 g/mol. The maximum Gasteiger partial charge on any atom is -0.0171 e. The number of allylic oxidation sites excluding steroid dienone is 2. The maximum atomic E-state index is 2.49. The summed E-state index contributed by atoms with van der Waals surface area (Å²) in [6.07, 6.45) is 12.6. The molecule has 0 unspecified atom stereocenters. The number of fused-ring (bicyclic) bond motifs is 3. The van der Waals surface area contributed by atoms with Gasteiger partial charge in [0.2, 0.25) is 0 Å². The molecule has 2 atom stereocenters. The lowest BCUT2D eigenvalue weighted by Gasteiger charge is -2.43. The van der Waals surface area contributed by atoms with Crippen LogP contribution in [0.4, 0.5) is 0 Å². The van der Waals surface area contributed by atoms with Crippen molar-refractivity contribution in [1.82, 2.24) is 0 Å². The Balaban J connectivity index is 1.96. The quantitative estimate of drug-likeness (QED) is 0.447. The highest BCUT2D eigenvalue weighted by Crippen LogP contribution is 2.61. The molecule has 0 amide bonds. The minimum absolute atomic E-state index is 0.847. The van der Waals surface area contributed by atoms with Crippen LogP contribution in [0.25, 0.3) is 0 Å². The van der Waals surface area contributed by atoms with E-state index in [-0.39, 0.29) is 0 Å². The molecule has 3 aliphatic rings. The molecular formula is C10H14. The highest BCUT2D eigenvalue weighted by molar-refractivity contribution is 5.17. The fraction of sp³-hybridized carbons (Fsp3) is 0.800. The van der Waals surface area contributed by atoms with Crippen molar-refractivity contribution in [3.05, 3.63) is 12.2 Å². The Kier molecular flexibility index (Phi) is 0.805. The van der Waals surface area contributed by atoms with Gasteiger partial charge in [0.05, 0.1) is 0 Å². The van der Waals surface area contributed by atoms with Gasteiger partial charge in [-0.15, -0.1) is 0 Å². The summed E-state index contributed by atoms with van der Waals surface area (Å²) in [5.41, 5.74) is 0.847. The number of rotatable bonds is 0. The highest BCUT2D eigenvalue weighted by atomic mass is 14.6. The molecule has 0 aromatic rings.